The molecule has 1 aliphatic rings. The molecule has 5 nitrogen and oxygen atoms in total. The van der Waals surface area contributed by atoms with Crippen molar-refractivity contribution < 1.29 is 4.74 Å². The maximum atomic E-state index is 5.33. The minimum Gasteiger partial charge on any atom is -0.373 e. The first-order valence-electron chi connectivity index (χ1n) is 3.78. The second-order valence-electron chi connectivity index (χ2n) is 2.72. The van der Waals surface area contributed by atoms with E-state index in [-0.39, 0.29) is 6.17 Å². The second kappa shape index (κ2) is 5.85. The first kappa shape index (κ1) is 11.3. The van der Waals surface area contributed by atoms with Crippen molar-refractivity contribution in [3.05, 3.63) is 12.2 Å². The summed E-state index contributed by atoms with van der Waals surface area (Å²) in [5.41, 5.74) is 4.08. The van der Waals surface area contributed by atoms with Gasteiger partial charge in [-0.2, -0.15) is 10.3 Å². The van der Waals surface area contributed by atoms with Crippen molar-refractivity contribution in [1.29, 1.82) is 0 Å². The van der Waals surface area contributed by atoms with Gasteiger partial charge in [-0.15, -0.1) is 5.11 Å². The van der Waals surface area contributed by atoms with Crippen LogP contribution in [-0.4, -0.2) is 24.3 Å². The molecule has 0 fully saturated rings. The Morgan fingerprint density at radius 1 is 1.85 bits per heavy atom. The molecule has 0 saturated carbocycles. The van der Waals surface area contributed by atoms with E-state index < -0.39 is 0 Å². The summed E-state index contributed by atoms with van der Waals surface area (Å²) in [6.07, 6.45) is 0.516. The molecule has 13 heavy (non-hydrogen) atoms. The molecular weight excluding hydrogens is 302 g/mol. The van der Waals surface area contributed by atoms with E-state index in [0.29, 0.717) is 19.6 Å². The van der Waals surface area contributed by atoms with Gasteiger partial charge in [0.25, 0.3) is 0 Å². The van der Waals surface area contributed by atoms with Gasteiger partial charge in [0.05, 0.1) is 19.6 Å². The minimum atomic E-state index is -0.0402. The molecule has 0 aromatic rings. The van der Waals surface area contributed by atoms with Crippen LogP contribution < -0.4 is 5.43 Å². The lowest BCUT2D eigenvalue weighted by Crippen LogP contribution is -2.32. The van der Waals surface area contributed by atoms with Crippen LogP contribution in [0.3, 0.4) is 0 Å². The van der Waals surface area contributed by atoms with Crippen LogP contribution in [0.4, 0.5) is 0 Å². The lowest BCUT2D eigenvalue weighted by Gasteiger charge is -2.11. The molecule has 1 aliphatic heterocycles. The van der Waals surface area contributed by atoms with Gasteiger partial charge in [-0.05, 0) is 29.0 Å². The van der Waals surface area contributed by atoms with Gasteiger partial charge in [0, 0.05) is 0 Å². The minimum absolute atomic E-state index is 0.0402. The van der Waals surface area contributed by atoms with Gasteiger partial charge >= 0.3 is 0 Å². The van der Waals surface area contributed by atoms with E-state index in [1.54, 1.807) is 4.89 Å². The molecule has 0 aromatic heterocycles. The summed E-state index contributed by atoms with van der Waals surface area (Å²) in [5, 5.41) is 7.86. The smallest absolute Gasteiger partial charge is 0.164 e. The summed E-state index contributed by atoms with van der Waals surface area (Å²) >= 11 is 2.23. The highest BCUT2D eigenvalue weighted by molar-refractivity contribution is 14.2. The van der Waals surface area contributed by atoms with E-state index in [1.165, 1.54) is 0 Å². The Morgan fingerprint density at radius 2 is 2.62 bits per heavy atom. The van der Waals surface area contributed by atoms with E-state index in [4.69, 9.17) is 4.74 Å². The van der Waals surface area contributed by atoms with Gasteiger partial charge < -0.3 is 4.74 Å². The highest BCUT2D eigenvalue weighted by Gasteiger charge is 2.16. The van der Waals surface area contributed by atoms with Crippen LogP contribution in [0.2, 0.25) is 0 Å². The predicted octanol–water partition coefficient (Wildman–Crippen LogP) is 2.04. The second-order valence-corrected chi connectivity index (χ2v) is 4.76. The number of ether oxygens (including phenoxy) is 1. The van der Waals surface area contributed by atoms with Crippen LogP contribution in [0.25, 0.3) is 0 Å². The highest BCUT2D eigenvalue weighted by atomic mass is 127. The van der Waals surface area contributed by atoms with Gasteiger partial charge in [0.15, 0.2) is 6.17 Å². The SMILES string of the molecule is C=C(C)COCC1N=NN(PI)N1. The Bertz CT molecular complexity index is 213. The van der Waals surface area contributed by atoms with E-state index in [2.05, 4.69) is 44.4 Å². The molecular formula is C6H12IN4OP. The fourth-order valence-corrected chi connectivity index (χ4v) is 1.75. The maximum Gasteiger partial charge on any atom is 0.164 e. The van der Waals surface area contributed by atoms with Gasteiger partial charge in [-0.3, -0.25) is 0 Å². The summed E-state index contributed by atoms with van der Waals surface area (Å²) in [4.78, 5) is 1.70. The normalized spacial score (nSPS) is 22.0. The van der Waals surface area contributed by atoms with E-state index in [0.717, 1.165) is 5.57 Å². The van der Waals surface area contributed by atoms with E-state index in [1.807, 2.05) is 6.92 Å². The zero-order valence-electron chi connectivity index (χ0n) is 7.33. The molecule has 1 heterocycles. The average molecular weight is 314 g/mol. The first-order valence-corrected chi connectivity index (χ1v) is 7.84. The van der Waals surface area contributed by atoms with Crippen molar-refractivity contribution in [2.45, 2.75) is 13.1 Å². The Morgan fingerprint density at radius 3 is 3.15 bits per heavy atom. The molecule has 0 spiro atoms. The van der Waals surface area contributed by atoms with Crippen molar-refractivity contribution in [2.75, 3.05) is 13.2 Å². The van der Waals surface area contributed by atoms with Crippen molar-refractivity contribution >= 4 is 28.4 Å². The third-order valence-electron chi connectivity index (χ3n) is 1.26. The molecule has 2 atom stereocenters. The van der Waals surface area contributed by atoms with Crippen molar-refractivity contribution in [3.63, 3.8) is 0 Å². The quantitative estimate of drug-likeness (QED) is 0.480. The summed E-state index contributed by atoms with van der Waals surface area (Å²) in [6.45, 7) is 6.79. The molecule has 0 aromatic carbocycles. The summed E-state index contributed by atoms with van der Waals surface area (Å²) in [6, 6.07) is 0. The van der Waals surface area contributed by atoms with E-state index in [9.17, 15) is 0 Å². The largest absolute Gasteiger partial charge is 0.373 e. The van der Waals surface area contributed by atoms with Crippen LogP contribution in [0.5, 0.6) is 0 Å². The Labute approximate surface area is 92.3 Å². The summed E-state index contributed by atoms with van der Waals surface area (Å²) < 4.78 is 5.33. The number of rotatable bonds is 5. The fourth-order valence-electron chi connectivity index (χ4n) is 0.763. The standard InChI is InChI=1S/C6H12IN4OP/c1-5(2)3-12-4-6-8-10-11(9-6)13-7/h6,9,13H,1,3-4H2,2H3. The number of hydrogen-bond donors (Lipinski definition) is 1. The van der Waals surface area contributed by atoms with Crippen LogP contribution in [0.1, 0.15) is 6.92 Å². The summed E-state index contributed by atoms with van der Waals surface area (Å²) in [5.74, 6) is 0. The molecule has 74 valence electrons. The van der Waals surface area contributed by atoms with Crippen LogP contribution >= 0.6 is 28.4 Å². The molecule has 2 unspecified atom stereocenters. The molecule has 7 heteroatoms. The zero-order chi connectivity index (χ0) is 9.68. The topological polar surface area (TPSA) is 49.2 Å². The number of nitrogens with zero attached hydrogens (tertiary/aromatic N) is 3. The van der Waals surface area contributed by atoms with E-state index >= 15 is 0 Å². The molecule has 0 bridgehead atoms. The van der Waals surface area contributed by atoms with Crippen LogP contribution in [0.15, 0.2) is 22.5 Å². The van der Waals surface area contributed by atoms with Gasteiger partial charge in [0.1, 0.15) is 0 Å². The number of hydrazine groups is 1. The van der Waals surface area contributed by atoms with Gasteiger partial charge in [-0.1, -0.05) is 17.4 Å². The molecule has 0 radical (unpaired) electrons. The number of hydrogen-bond acceptors (Lipinski definition) is 5. The third-order valence-corrected chi connectivity index (χ3v) is 3.01. The number of halogens is 1. The Balaban J connectivity index is 2.11. The van der Waals surface area contributed by atoms with Crippen molar-refractivity contribution in [3.8, 4) is 0 Å². The predicted molar refractivity (Wildman–Crippen MR) is 61.6 cm³/mol. The summed E-state index contributed by atoms with van der Waals surface area (Å²) in [7, 11) is 0. The molecule has 0 saturated heterocycles. The highest BCUT2D eigenvalue weighted by Crippen LogP contribution is 2.27. The van der Waals surface area contributed by atoms with Gasteiger partial charge in [0.2, 0.25) is 0 Å². The van der Waals surface area contributed by atoms with Crippen molar-refractivity contribution in [2.24, 2.45) is 10.3 Å². The third kappa shape index (κ3) is 4.30. The fraction of sp³-hybridized carbons (Fsp3) is 0.667. The molecule has 1 N–H and O–H groups in total. The Hall–Kier alpha value is 0.220. The monoisotopic (exact) mass is 314 g/mol. The van der Waals surface area contributed by atoms with Crippen molar-refractivity contribution in [1.82, 2.24) is 10.3 Å². The Kier molecular flexibility index (Phi) is 5.08. The van der Waals surface area contributed by atoms with Crippen LogP contribution in [-0.2, 0) is 4.74 Å². The number of nitrogens with one attached hydrogen (secondary N) is 1. The molecule has 0 amide bonds. The average Bonchev–Trinajstić information content (AvgIpc) is 2.52. The molecule has 0 aliphatic carbocycles. The first-order chi connectivity index (χ1) is 6.22. The lowest BCUT2D eigenvalue weighted by molar-refractivity contribution is 0.128. The zero-order valence-corrected chi connectivity index (χ0v) is 10.5. The lowest BCUT2D eigenvalue weighted by atomic mass is 10.4. The molecule has 1 rings (SSSR count). The van der Waals surface area contributed by atoms with Gasteiger partial charge in [-0.25, -0.2) is 0 Å². The van der Waals surface area contributed by atoms with Crippen LogP contribution in [0, 0.1) is 0 Å². The maximum absolute atomic E-state index is 5.33.